The molecule has 1 heterocycles. The van der Waals surface area contributed by atoms with E-state index in [0.717, 1.165) is 25.9 Å². The lowest BCUT2D eigenvalue weighted by Crippen LogP contribution is -2.43. The molecule has 1 fully saturated rings. The van der Waals surface area contributed by atoms with Crippen LogP contribution in [0.2, 0.25) is 0 Å². The Balaban J connectivity index is 2.09. The predicted molar refractivity (Wildman–Crippen MR) is 75.6 cm³/mol. The molecule has 0 aromatic heterocycles. The predicted octanol–water partition coefficient (Wildman–Crippen LogP) is 3.60. The van der Waals surface area contributed by atoms with Crippen molar-refractivity contribution in [2.75, 3.05) is 6.61 Å². The van der Waals surface area contributed by atoms with E-state index in [2.05, 4.69) is 38.1 Å². The minimum atomic E-state index is -0.190. The van der Waals surface area contributed by atoms with Crippen LogP contribution in [0, 0.1) is 0 Å². The van der Waals surface area contributed by atoms with E-state index in [1.165, 1.54) is 24.0 Å². The van der Waals surface area contributed by atoms with Gasteiger partial charge in [0.1, 0.15) is 0 Å². The molecule has 1 aliphatic heterocycles. The van der Waals surface area contributed by atoms with Crippen molar-refractivity contribution in [1.82, 2.24) is 0 Å². The Morgan fingerprint density at radius 2 is 2.00 bits per heavy atom. The van der Waals surface area contributed by atoms with Crippen LogP contribution in [0.4, 0.5) is 0 Å². The van der Waals surface area contributed by atoms with Gasteiger partial charge in [0.15, 0.2) is 0 Å². The normalized spacial score (nSPS) is 25.9. The van der Waals surface area contributed by atoms with Gasteiger partial charge >= 0.3 is 0 Å². The van der Waals surface area contributed by atoms with Crippen molar-refractivity contribution in [3.63, 3.8) is 0 Å². The smallest absolute Gasteiger partial charge is 0.0846 e. The summed E-state index contributed by atoms with van der Waals surface area (Å²) in [4.78, 5) is 0. The SMILES string of the molecule is CCCc1ccc(C(N)C2(C)CCCCO2)cc1. The molecule has 1 aliphatic rings. The first-order valence-corrected chi connectivity index (χ1v) is 7.14. The van der Waals surface area contributed by atoms with Gasteiger partial charge in [-0.1, -0.05) is 37.6 Å². The molecule has 2 N–H and O–H groups in total. The number of hydrogen-bond acceptors (Lipinski definition) is 2. The molecule has 0 aliphatic carbocycles. The Bertz CT molecular complexity index is 365. The highest BCUT2D eigenvalue weighted by Gasteiger charge is 2.35. The Morgan fingerprint density at radius 1 is 1.28 bits per heavy atom. The molecule has 2 rings (SSSR count). The number of nitrogens with two attached hydrogens (primary N) is 1. The van der Waals surface area contributed by atoms with Gasteiger partial charge in [0.05, 0.1) is 11.6 Å². The number of aryl methyl sites for hydroxylation is 1. The third-order valence-corrected chi connectivity index (χ3v) is 4.03. The lowest BCUT2D eigenvalue weighted by atomic mass is 9.84. The van der Waals surface area contributed by atoms with Crippen molar-refractivity contribution >= 4 is 0 Å². The van der Waals surface area contributed by atoms with Crippen molar-refractivity contribution in [1.29, 1.82) is 0 Å². The van der Waals surface area contributed by atoms with Gasteiger partial charge in [-0.3, -0.25) is 0 Å². The molecule has 1 aromatic carbocycles. The van der Waals surface area contributed by atoms with Crippen LogP contribution < -0.4 is 5.73 Å². The third-order valence-electron chi connectivity index (χ3n) is 4.03. The monoisotopic (exact) mass is 247 g/mol. The zero-order valence-electron chi connectivity index (χ0n) is 11.6. The van der Waals surface area contributed by atoms with Gasteiger partial charge in [-0.25, -0.2) is 0 Å². The topological polar surface area (TPSA) is 35.2 Å². The molecule has 1 aromatic rings. The van der Waals surface area contributed by atoms with Crippen molar-refractivity contribution in [2.24, 2.45) is 5.73 Å². The minimum Gasteiger partial charge on any atom is -0.373 e. The molecule has 2 atom stereocenters. The highest BCUT2D eigenvalue weighted by Crippen LogP contribution is 2.34. The summed E-state index contributed by atoms with van der Waals surface area (Å²) in [6, 6.07) is 8.71. The lowest BCUT2D eigenvalue weighted by Gasteiger charge is -2.39. The molecule has 2 heteroatoms. The Kier molecular flexibility index (Phi) is 4.41. The Labute approximate surface area is 111 Å². The summed E-state index contributed by atoms with van der Waals surface area (Å²) in [6.45, 7) is 5.20. The zero-order valence-corrected chi connectivity index (χ0v) is 11.6. The molecule has 18 heavy (non-hydrogen) atoms. The van der Waals surface area contributed by atoms with Crippen LogP contribution in [0.1, 0.15) is 56.7 Å². The van der Waals surface area contributed by atoms with E-state index < -0.39 is 0 Å². The fourth-order valence-corrected chi connectivity index (χ4v) is 2.73. The van der Waals surface area contributed by atoms with E-state index >= 15 is 0 Å². The summed E-state index contributed by atoms with van der Waals surface area (Å²) >= 11 is 0. The van der Waals surface area contributed by atoms with E-state index in [-0.39, 0.29) is 11.6 Å². The van der Waals surface area contributed by atoms with Gasteiger partial charge in [0, 0.05) is 6.61 Å². The highest BCUT2D eigenvalue weighted by molar-refractivity contribution is 5.27. The second-order valence-electron chi connectivity index (χ2n) is 5.59. The van der Waals surface area contributed by atoms with Crippen molar-refractivity contribution in [3.05, 3.63) is 35.4 Å². The second kappa shape index (κ2) is 5.85. The Hall–Kier alpha value is -0.860. The van der Waals surface area contributed by atoms with Crippen molar-refractivity contribution in [2.45, 2.75) is 57.6 Å². The molecule has 0 radical (unpaired) electrons. The molecule has 100 valence electrons. The zero-order chi connectivity index (χ0) is 13.0. The molecule has 0 spiro atoms. The molecule has 2 nitrogen and oxygen atoms in total. The van der Waals surface area contributed by atoms with Gasteiger partial charge in [0.25, 0.3) is 0 Å². The van der Waals surface area contributed by atoms with Gasteiger partial charge in [-0.05, 0) is 43.7 Å². The first-order chi connectivity index (χ1) is 8.65. The first-order valence-electron chi connectivity index (χ1n) is 7.14. The first kappa shape index (κ1) is 13.6. The molecule has 0 amide bonds. The molecular weight excluding hydrogens is 222 g/mol. The molecule has 0 saturated carbocycles. The number of ether oxygens (including phenoxy) is 1. The van der Waals surface area contributed by atoms with Crippen LogP contribution in [0.5, 0.6) is 0 Å². The lowest BCUT2D eigenvalue weighted by molar-refractivity contribution is -0.0820. The minimum absolute atomic E-state index is 0.0199. The second-order valence-corrected chi connectivity index (χ2v) is 5.59. The Morgan fingerprint density at radius 3 is 2.56 bits per heavy atom. The average Bonchev–Trinajstić information content (AvgIpc) is 2.40. The molecule has 2 unspecified atom stereocenters. The molecule has 0 bridgehead atoms. The van der Waals surface area contributed by atoms with Crippen LogP contribution in [-0.4, -0.2) is 12.2 Å². The molecular formula is C16H25NO. The average molecular weight is 247 g/mol. The fourth-order valence-electron chi connectivity index (χ4n) is 2.73. The van der Waals surface area contributed by atoms with Gasteiger partial charge < -0.3 is 10.5 Å². The standard InChI is InChI=1S/C16H25NO/c1-3-6-13-7-9-14(10-8-13)15(17)16(2)11-4-5-12-18-16/h7-10,15H,3-6,11-12,17H2,1-2H3. The van der Waals surface area contributed by atoms with E-state index in [1.54, 1.807) is 0 Å². The van der Waals surface area contributed by atoms with E-state index in [1.807, 2.05) is 0 Å². The van der Waals surface area contributed by atoms with Crippen LogP contribution in [-0.2, 0) is 11.2 Å². The summed E-state index contributed by atoms with van der Waals surface area (Å²) in [5.74, 6) is 0. The highest BCUT2D eigenvalue weighted by atomic mass is 16.5. The van der Waals surface area contributed by atoms with Crippen molar-refractivity contribution < 1.29 is 4.74 Å². The van der Waals surface area contributed by atoms with Gasteiger partial charge in [-0.15, -0.1) is 0 Å². The summed E-state index contributed by atoms with van der Waals surface area (Å²) in [5, 5.41) is 0. The largest absolute Gasteiger partial charge is 0.373 e. The maximum absolute atomic E-state index is 6.40. The fraction of sp³-hybridized carbons (Fsp3) is 0.625. The quantitative estimate of drug-likeness (QED) is 0.882. The summed E-state index contributed by atoms with van der Waals surface area (Å²) in [7, 11) is 0. The van der Waals surface area contributed by atoms with Crippen molar-refractivity contribution in [3.8, 4) is 0 Å². The maximum atomic E-state index is 6.40. The maximum Gasteiger partial charge on any atom is 0.0846 e. The summed E-state index contributed by atoms with van der Waals surface area (Å²) in [6.07, 6.45) is 5.77. The van der Waals surface area contributed by atoms with E-state index in [4.69, 9.17) is 10.5 Å². The third kappa shape index (κ3) is 2.93. The molecule has 1 saturated heterocycles. The van der Waals surface area contributed by atoms with Gasteiger partial charge in [-0.2, -0.15) is 0 Å². The summed E-state index contributed by atoms with van der Waals surface area (Å²) in [5.41, 5.74) is 8.80. The van der Waals surface area contributed by atoms with Gasteiger partial charge in [0.2, 0.25) is 0 Å². The van der Waals surface area contributed by atoms with Crippen LogP contribution >= 0.6 is 0 Å². The van der Waals surface area contributed by atoms with Crippen LogP contribution in [0.15, 0.2) is 24.3 Å². The number of rotatable bonds is 4. The van der Waals surface area contributed by atoms with E-state index in [9.17, 15) is 0 Å². The van der Waals surface area contributed by atoms with E-state index in [0.29, 0.717) is 0 Å². The number of benzene rings is 1. The number of hydrogen-bond donors (Lipinski definition) is 1. The van der Waals surface area contributed by atoms with Crippen LogP contribution in [0.3, 0.4) is 0 Å². The summed E-state index contributed by atoms with van der Waals surface area (Å²) < 4.78 is 5.93. The van der Waals surface area contributed by atoms with Crippen LogP contribution in [0.25, 0.3) is 0 Å².